The summed E-state index contributed by atoms with van der Waals surface area (Å²) < 4.78 is 16.5. The molecule has 1 aliphatic rings. The van der Waals surface area contributed by atoms with E-state index in [0.29, 0.717) is 41.1 Å². The molecule has 0 fully saturated rings. The van der Waals surface area contributed by atoms with Gasteiger partial charge in [0.15, 0.2) is 17.3 Å². The molecule has 0 amide bonds. The lowest BCUT2D eigenvalue weighted by molar-refractivity contribution is 0.166. The van der Waals surface area contributed by atoms with Crippen molar-refractivity contribution in [2.75, 3.05) is 13.2 Å². The molecule has 1 aromatic heterocycles. The number of hydrogen-bond acceptors (Lipinski definition) is 5. The molecule has 2 heterocycles. The Balaban J connectivity index is 1.88. The molecule has 0 saturated heterocycles. The van der Waals surface area contributed by atoms with Crippen LogP contribution in [0.15, 0.2) is 40.9 Å². The van der Waals surface area contributed by atoms with Gasteiger partial charge in [0.05, 0.1) is 16.8 Å². The summed E-state index contributed by atoms with van der Waals surface area (Å²) in [5, 5.41) is 15.3. The van der Waals surface area contributed by atoms with Crippen LogP contribution in [-0.4, -0.2) is 23.5 Å². The largest absolute Gasteiger partial charge is 0.504 e. The van der Waals surface area contributed by atoms with Crippen LogP contribution in [0.4, 0.5) is 0 Å². The molecule has 1 N–H and O–H groups in total. The Hall–Kier alpha value is -2.66. The normalized spacial score (nSPS) is 13.1. The zero-order chi connectivity index (χ0) is 16.7. The first-order valence-corrected chi connectivity index (χ1v) is 7.87. The Morgan fingerprint density at radius 1 is 1.04 bits per heavy atom. The van der Waals surface area contributed by atoms with Crippen molar-refractivity contribution >= 4 is 11.6 Å². The predicted molar refractivity (Wildman–Crippen MR) is 89.8 cm³/mol. The molecule has 6 heteroatoms. The Labute approximate surface area is 143 Å². The second-order valence-corrected chi connectivity index (χ2v) is 5.90. The molecule has 0 radical (unpaired) electrons. The Bertz CT molecular complexity index is 902. The van der Waals surface area contributed by atoms with Gasteiger partial charge >= 0.3 is 0 Å². The van der Waals surface area contributed by atoms with E-state index in [1.165, 1.54) is 0 Å². The van der Waals surface area contributed by atoms with Gasteiger partial charge in [0.25, 0.3) is 0 Å². The average Bonchev–Trinajstić information content (AvgIpc) is 2.98. The fourth-order valence-electron chi connectivity index (χ4n) is 2.79. The number of hydrogen-bond donors (Lipinski definition) is 1. The standard InChI is InChI=1S/C18H14ClNO4/c1-10-15(11-2-4-12(19)5-3-11)17(24-20-10)13-6-7-14-18(16(13)21)23-9-8-22-14/h2-7,21H,8-9H2,1H3. The van der Waals surface area contributed by atoms with E-state index in [0.717, 1.165) is 16.8 Å². The van der Waals surface area contributed by atoms with Crippen molar-refractivity contribution in [1.82, 2.24) is 5.16 Å². The number of aromatic nitrogens is 1. The van der Waals surface area contributed by atoms with Crippen LogP contribution < -0.4 is 9.47 Å². The topological polar surface area (TPSA) is 64.7 Å². The molecule has 0 atom stereocenters. The summed E-state index contributed by atoms with van der Waals surface area (Å²) in [6, 6.07) is 10.9. The van der Waals surface area contributed by atoms with Crippen molar-refractivity contribution in [1.29, 1.82) is 0 Å². The Morgan fingerprint density at radius 3 is 2.58 bits per heavy atom. The summed E-state index contributed by atoms with van der Waals surface area (Å²) in [6.07, 6.45) is 0. The molecule has 0 aliphatic carbocycles. The highest BCUT2D eigenvalue weighted by Gasteiger charge is 2.25. The number of nitrogens with zero attached hydrogens (tertiary/aromatic N) is 1. The fraction of sp³-hybridized carbons (Fsp3) is 0.167. The van der Waals surface area contributed by atoms with Gasteiger partial charge in [0, 0.05) is 5.02 Å². The molecule has 5 nitrogen and oxygen atoms in total. The maximum atomic E-state index is 10.6. The van der Waals surface area contributed by atoms with Crippen molar-refractivity contribution in [3.63, 3.8) is 0 Å². The van der Waals surface area contributed by atoms with Crippen LogP contribution in [0.1, 0.15) is 5.69 Å². The summed E-state index contributed by atoms with van der Waals surface area (Å²) in [5.74, 6) is 1.31. The van der Waals surface area contributed by atoms with Gasteiger partial charge in [0.2, 0.25) is 5.75 Å². The van der Waals surface area contributed by atoms with Crippen LogP contribution in [-0.2, 0) is 0 Å². The van der Waals surface area contributed by atoms with Crippen molar-refractivity contribution in [3.05, 3.63) is 47.1 Å². The molecule has 2 aromatic carbocycles. The maximum absolute atomic E-state index is 10.6. The van der Waals surface area contributed by atoms with Crippen LogP contribution >= 0.6 is 11.6 Å². The number of ether oxygens (including phenoxy) is 2. The third kappa shape index (κ3) is 2.37. The first-order valence-electron chi connectivity index (χ1n) is 7.49. The van der Waals surface area contributed by atoms with Crippen molar-refractivity contribution in [3.8, 4) is 39.7 Å². The van der Waals surface area contributed by atoms with Gasteiger partial charge in [-0.05, 0) is 36.8 Å². The molecule has 0 spiro atoms. The van der Waals surface area contributed by atoms with E-state index in [1.807, 2.05) is 19.1 Å². The quantitative estimate of drug-likeness (QED) is 0.744. The van der Waals surface area contributed by atoms with Crippen molar-refractivity contribution < 1.29 is 19.1 Å². The molecular weight excluding hydrogens is 330 g/mol. The lowest BCUT2D eigenvalue weighted by atomic mass is 9.99. The number of phenols is 1. The monoisotopic (exact) mass is 343 g/mol. The van der Waals surface area contributed by atoms with E-state index in [9.17, 15) is 5.11 Å². The van der Waals surface area contributed by atoms with E-state index >= 15 is 0 Å². The second kappa shape index (κ2) is 5.76. The van der Waals surface area contributed by atoms with Gasteiger partial charge in [-0.15, -0.1) is 0 Å². The van der Waals surface area contributed by atoms with Crippen LogP contribution in [0.5, 0.6) is 17.2 Å². The van der Waals surface area contributed by atoms with E-state index in [-0.39, 0.29) is 5.75 Å². The fourth-order valence-corrected chi connectivity index (χ4v) is 2.92. The molecule has 0 bridgehead atoms. The maximum Gasteiger partial charge on any atom is 0.204 e. The predicted octanol–water partition coefficient (Wildman–Crippen LogP) is 4.45. The van der Waals surface area contributed by atoms with Crippen molar-refractivity contribution in [2.24, 2.45) is 0 Å². The highest BCUT2D eigenvalue weighted by Crippen LogP contribution is 2.47. The van der Waals surface area contributed by atoms with Crippen molar-refractivity contribution in [2.45, 2.75) is 6.92 Å². The summed E-state index contributed by atoms with van der Waals surface area (Å²) >= 11 is 5.96. The molecule has 24 heavy (non-hydrogen) atoms. The van der Waals surface area contributed by atoms with Crippen LogP contribution in [0, 0.1) is 6.92 Å². The summed E-state index contributed by atoms with van der Waals surface area (Å²) in [5.41, 5.74) is 2.94. The second-order valence-electron chi connectivity index (χ2n) is 5.46. The van der Waals surface area contributed by atoms with Crippen LogP contribution in [0.3, 0.4) is 0 Å². The van der Waals surface area contributed by atoms with Gasteiger partial charge in [-0.25, -0.2) is 0 Å². The number of rotatable bonds is 2. The first-order chi connectivity index (χ1) is 11.6. The number of phenolic OH excluding ortho intramolecular Hbond substituents is 1. The molecule has 0 saturated carbocycles. The van der Waals surface area contributed by atoms with Gasteiger partial charge in [0.1, 0.15) is 13.2 Å². The molecule has 122 valence electrons. The smallest absolute Gasteiger partial charge is 0.204 e. The summed E-state index contributed by atoms with van der Waals surface area (Å²) in [7, 11) is 0. The molecule has 0 unspecified atom stereocenters. The highest BCUT2D eigenvalue weighted by molar-refractivity contribution is 6.30. The van der Waals surface area contributed by atoms with Gasteiger partial charge in [-0.3, -0.25) is 0 Å². The third-order valence-electron chi connectivity index (χ3n) is 3.92. The first kappa shape index (κ1) is 14.9. The Morgan fingerprint density at radius 2 is 1.79 bits per heavy atom. The Kier molecular flexibility index (Phi) is 3.58. The highest BCUT2D eigenvalue weighted by atomic mass is 35.5. The number of aromatic hydroxyl groups is 1. The minimum atomic E-state index is -0.0152. The number of aryl methyl sites for hydroxylation is 1. The van der Waals surface area contributed by atoms with E-state index in [4.69, 9.17) is 25.6 Å². The van der Waals surface area contributed by atoms with Gasteiger partial charge in [-0.1, -0.05) is 28.9 Å². The molecule has 3 aromatic rings. The number of fused-ring (bicyclic) bond motifs is 1. The minimum absolute atomic E-state index is 0.0152. The van der Waals surface area contributed by atoms with E-state index in [2.05, 4.69) is 5.16 Å². The summed E-state index contributed by atoms with van der Waals surface area (Å²) in [6.45, 7) is 2.71. The average molecular weight is 344 g/mol. The third-order valence-corrected chi connectivity index (χ3v) is 4.17. The zero-order valence-electron chi connectivity index (χ0n) is 12.9. The lowest BCUT2D eigenvalue weighted by Gasteiger charge is -2.20. The van der Waals surface area contributed by atoms with Crippen LogP contribution in [0.25, 0.3) is 22.5 Å². The SMILES string of the molecule is Cc1noc(-c2ccc3c(c2O)OCCO3)c1-c1ccc(Cl)cc1. The minimum Gasteiger partial charge on any atom is -0.504 e. The summed E-state index contributed by atoms with van der Waals surface area (Å²) in [4.78, 5) is 0. The zero-order valence-corrected chi connectivity index (χ0v) is 13.6. The van der Waals surface area contributed by atoms with Crippen LogP contribution in [0.2, 0.25) is 5.02 Å². The van der Waals surface area contributed by atoms with Gasteiger partial charge in [-0.2, -0.15) is 0 Å². The van der Waals surface area contributed by atoms with E-state index < -0.39 is 0 Å². The number of benzene rings is 2. The molecule has 1 aliphatic heterocycles. The molecular formula is C18H14ClNO4. The van der Waals surface area contributed by atoms with Gasteiger partial charge < -0.3 is 19.1 Å². The van der Waals surface area contributed by atoms with E-state index in [1.54, 1.807) is 24.3 Å². The molecule has 4 rings (SSSR count). The number of halogens is 1. The lowest BCUT2D eigenvalue weighted by Crippen LogP contribution is -2.15.